The molecular formula is C20H33IN4O2. The summed E-state index contributed by atoms with van der Waals surface area (Å²) in [7, 11) is 0. The average molecular weight is 488 g/mol. The van der Waals surface area contributed by atoms with Crippen molar-refractivity contribution in [3.05, 3.63) is 29.8 Å². The van der Waals surface area contributed by atoms with Gasteiger partial charge in [-0.05, 0) is 18.9 Å². The van der Waals surface area contributed by atoms with E-state index in [4.69, 9.17) is 14.5 Å². The zero-order chi connectivity index (χ0) is 18.2. The number of guanidine groups is 1. The van der Waals surface area contributed by atoms with E-state index in [-0.39, 0.29) is 30.0 Å². The number of halogens is 1. The quantitative estimate of drug-likeness (QED) is 0.367. The first-order chi connectivity index (χ1) is 12.8. The number of hydrogen-bond donors (Lipinski definition) is 2. The Kier molecular flexibility index (Phi) is 9.64. The Labute approximate surface area is 180 Å². The number of morpholine rings is 1. The van der Waals surface area contributed by atoms with Crippen molar-refractivity contribution in [2.45, 2.75) is 26.3 Å². The van der Waals surface area contributed by atoms with Gasteiger partial charge in [-0.3, -0.25) is 9.89 Å². The van der Waals surface area contributed by atoms with Gasteiger partial charge >= 0.3 is 0 Å². The van der Waals surface area contributed by atoms with Crippen LogP contribution in [0.4, 0.5) is 0 Å². The molecule has 0 aromatic heterocycles. The molecule has 152 valence electrons. The molecule has 0 bridgehead atoms. The number of nitrogens with zero attached hydrogens (tertiary/aromatic N) is 2. The molecule has 1 aromatic rings. The Hall–Kier alpha value is -1.06. The van der Waals surface area contributed by atoms with Gasteiger partial charge in [0.2, 0.25) is 0 Å². The molecule has 6 nitrogen and oxygen atoms in total. The van der Waals surface area contributed by atoms with Gasteiger partial charge in [-0.25, -0.2) is 0 Å². The normalized spacial score (nSPS) is 21.4. The van der Waals surface area contributed by atoms with Crippen molar-refractivity contribution in [2.75, 3.05) is 52.5 Å². The monoisotopic (exact) mass is 488 g/mol. The summed E-state index contributed by atoms with van der Waals surface area (Å²) in [4.78, 5) is 7.31. The number of para-hydroxylation sites is 1. The number of rotatable bonds is 6. The zero-order valence-electron chi connectivity index (χ0n) is 16.4. The second-order valence-electron chi connectivity index (χ2n) is 7.11. The first-order valence-corrected chi connectivity index (χ1v) is 9.83. The second-order valence-corrected chi connectivity index (χ2v) is 7.11. The van der Waals surface area contributed by atoms with Crippen molar-refractivity contribution in [3.63, 3.8) is 0 Å². The Balaban J connectivity index is 0.00000261. The van der Waals surface area contributed by atoms with Crippen molar-refractivity contribution < 1.29 is 9.47 Å². The zero-order valence-corrected chi connectivity index (χ0v) is 18.8. The number of fused-ring (bicyclic) bond motifs is 1. The Morgan fingerprint density at radius 2 is 2.04 bits per heavy atom. The maximum absolute atomic E-state index is 5.76. The van der Waals surface area contributed by atoms with Gasteiger partial charge in [0.25, 0.3) is 0 Å². The minimum Gasteiger partial charge on any atom is -0.493 e. The summed E-state index contributed by atoms with van der Waals surface area (Å²) < 4.78 is 11.2. The van der Waals surface area contributed by atoms with E-state index in [0.717, 1.165) is 70.7 Å². The van der Waals surface area contributed by atoms with Crippen LogP contribution in [0.5, 0.6) is 5.75 Å². The highest BCUT2D eigenvalue weighted by Crippen LogP contribution is 2.31. The molecule has 1 aromatic carbocycles. The lowest BCUT2D eigenvalue weighted by atomic mass is 10.0. The van der Waals surface area contributed by atoms with Gasteiger partial charge in [0.15, 0.2) is 5.96 Å². The van der Waals surface area contributed by atoms with Crippen molar-refractivity contribution in [1.29, 1.82) is 0 Å². The van der Waals surface area contributed by atoms with Gasteiger partial charge in [-0.1, -0.05) is 25.1 Å². The van der Waals surface area contributed by atoms with Crippen LogP contribution in [-0.2, 0) is 4.74 Å². The van der Waals surface area contributed by atoms with Gasteiger partial charge in [0.05, 0.1) is 25.9 Å². The molecule has 2 heterocycles. The molecule has 1 fully saturated rings. The summed E-state index contributed by atoms with van der Waals surface area (Å²) in [6.07, 6.45) is 0.949. The molecule has 0 amide bonds. The fourth-order valence-electron chi connectivity index (χ4n) is 3.51. The van der Waals surface area contributed by atoms with E-state index in [1.807, 2.05) is 12.1 Å². The summed E-state index contributed by atoms with van der Waals surface area (Å²) in [5.74, 6) is 2.39. The maximum atomic E-state index is 5.76. The van der Waals surface area contributed by atoms with E-state index in [0.29, 0.717) is 5.92 Å². The van der Waals surface area contributed by atoms with Crippen LogP contribution in [0.15, 0.2) is 29.3 Å². The van der Waals surface area contributed by atoms with Crippen LogP contribution in [0.1, 0.15) is 31.9 Å². The highest BCUT2D eigenvalue weighted by Gasteiger charge is 2.22. The standard InChI is InChI=1S/C20H32N4O2.HI/c1-3-21-20(22-14-16(2)15-24-9-12-25-13-10-24)23-18-8-11-26-19-7-5-4-6-17(18)19;/h4-7,16,18H,3,8-15H2,1-2H3,(H2,21,22,23);1H. The van der Waals surface area contributed by atoms with Crippen LogP contribution in [0.3, 0.4) is 0 Å². The molecular weight excluding hydrogens is 455 g/mol. The molecule has 2 atom stereocenters. The molecule has 0 radical (unpaired) electrons. The smallest absolute Gasteiger partial charge is 0.191 e. The molecule has 2 aliphatic heterocycles. The third-order valence-electron chi connectivity index (χ3n) is 4.85. The first-order valence-electron chi connectivity index (χ1n) is 9.83. The predicted octanol–water partition coefficient (Wildman–Crippen LogP) is 2.65. The van der Waals surface area contributed by atoms with E-state index < -0.39 is 0 Å². The summed E-state index contributed by atoms with van der Waals surface area (Å²) in [6, 6.07) is 8.51. The van der Waals surface area contributed by atoms with Gasteiger partial charge in [0.1, 0.15) is 5.75 Å². The largest absolute Gasteiger partial charge is 0.493 e. The average Bonchev–Trinajstić information content (AvgIpc) is 2.67. The molecule has 3 rings (SSSR count). The van der Waals surface area contributed by atoms with Crippen LogP contribution in [0, 0.1) is 5.92 Å². The lowest BCUT2D eigenvalue weighted by molar-refractivity contribution is 0.0323. The highest BCUT2D eigenvalue weighted by atomic mass is 127. The Morgan fingerprint density at radius 3 is 2.81 bits per heavy atom. The van der Waals surface area contributed by atoms with Crippen molar-refractivity contribution in [2.24, 2.45) is 10.9 Å². The Morgan fingerprint density at radius 1 is 1.26 bits per heavy atom. The van der Waals surface area contributed by atoms with Gasteiger partial charge in [0, 0.05) is 44.7 Å². The lowest BCUT2D eigenvalue weighted by Gasteiger charge is -2.29. The highest BCUT2D eigenvalue weighted by molar-refractivity contribution is 14.0. The Bertz CT molecular complexity index is 593. The molecule has 0 saturated carbocycles. The summed E-state index contributed by atoms with van der Waals surface area (Å²) in [5, 5.41) is 6.98. The van der Waals surface area contributed by atoms with Crippen LogP contribution < -0.4 is 15.4 Å². The van der Waals surface area contributed by atoms with E-state index in [2.05, 4.69) is 41.5 Å². The number of hydrogen-bond acceptors (Lipinski definition) is 4. The number of aliphatic imine (C=N–C) groups is 1. The second kappa shape index (κ2) is 11.7. The molecule has 2 unspecified atom stereocenters. The molecule has 0 aliphatic carbocycles. The van der Waals surface area contributed by atoms with E-state index >= 15 is 0 Å². The number of ether oxygens (including phenoxy) is 2. The number of nitrogens with one attached hydrogen (secondary N) is 2. The molecule has 7 heteroatoms. The van der Waals surface area contributed by atoms with Crippen LogP contribution >= 0.6 is 24.0 Å². The van der Waals surface area contributed by atoms with Crippen LogP contribution in [-0.4, -0.2) is 63.4 Å². The van der Waals surface area contributed by atoms with Gasteiger partial charge in [-0.2, -0.15) is 0 Å². The fourth-order valence-corrected chi connectivity index (χ4v) is 3.51. The maximum Gasteiger partial charge on any atom is 0.191 e. The third kappa shape index (κ3) is 6.80. The molecule has 2 N–H and O–H groups in total. The lowest BCUT2D eigenvalue weighted by Crippen LogP contribution is -2.42. The SMILES string of the molecule is CCNC(=NCC(C)CN1CCOCC1)NC1CCOc2ccccc21.I. The van der Waals surface area contributed by atoms with Gasteiger partial charge in [-0.15, -0.1) is 24.0 Å². The van der Waals surface area contributed by atoms with E-state index in [1.165, 1.54) is 5.56 Å². The molecule has 27 heavy (non-hydrogen) atoms. The van der Waals surface area contributed by atoms with Gasteiger partial charge < -0.3 is 20.1 Å². The summed E-state index contributed by atoms with van der Waals surface area (Å²) in [6.45, 7) is 11.6. The van der Waals surface area contributed by atoms with Crippen LogP contribution in [0.2, 0.25) is 0 Å². The number of benzene rings is 1. The van der Waals surface area contributed by atoms with E-state index in [1.54, 1.807) is 0 Å². The van der Waals surface area contributed by atoms with Crippen molar-refractivity contribution >= 4 is 29.9 Å². The predicted molar refractivity (Wildman–Crippen MR) is 120 cm³/mol. The van der Waals surface area contributed by atoms with Crippen LogP contribution in [0.25, 0.3) is 0 Å². The first kappa shape index (κ1) is 22.2. The van der Waals surface area contributed by atoms with E-state index in [9.17, 15) is 0 Å². The molecule has 0 spiro atoms. The molecule has 2 aliphatic rings. The summed E-state index contributed by atoms with van der Waals surface area (Å²) >= 11 is 0. The van der Waals surface area contributed by atoms with Crippen molar-refractivity contribution in [1.82, 2.24) is 15.5 Å². The third-order valence-corrected chi connectivity index (χ3v) is 4.85. The minimum absolute atomic E-state index is 0. The van der Waals surface area contributed by atoms with Crippen molar-refractivity contribution in [3.8, 4) is 5.75 Å². The fraction of sp³-hybridized carbons (Fsp3) is 0.650. The summed E-state index contributed by atoms with van der Waals surface area (Å²) in [5.41, 5.74) is 1.21. The molecule has 1 saturated heterocycles. The minimum atomic E-state index is 0. The topological polar surface area (TPSA) is 58.1 Å².